The van der Waals surface area contributed by atoms with Crippen molar-refractivity contribution in [2.24, 2.45) is 5.41 Å². The zero-order valence-electron chi connectivity index (χ0n) is 8.56. The molecular weight excluding hydrogens is 239 g/mol. The third kappa shape index (κ3) is 2.09. The number of hydrogen-bond donors (Lipinski definition) is 1. The lowest BCUT2D eigenvalue weighted by molar-refractivity contribution is -0.132. The van der Waals surface area contributed by atoms with Crippen LogP contribution in [0.3, 0.4) is 0 Å². The zero-order valence-corrected chi connectivity index (χ0v) is 10.1. The fourth-order valence-corrected chi connectivity index (χ4v) is 2.29. The standard InChI is InChI=1S/C9H14Cl2N2O2/c1-8(6-9(8,10)11)7(14)12-13-2-4-15-5-3-13/h2-6H2,1H3,(H,12,14)/t8-/m0/s1. The van der Waals surface area contributed by atoms with Gasteiger partial charge in [-0.05, 0) is 13.3 Å². The molecule has 1 amide bonds. The Labute approximate surface area is 98.8 Å². The molecule has 0 unspecified atom stereocenters. The summed E-state index contributed by atoms with van der Waals surface area (Å²) in [6.07, 6.45) is 0.513. The zero-order chi connectivity index (χ0) is 11.1. The van der Waals surface area contributed by atoms with Crippen LogP contribution in [0.25, 0.3) is 0 Å². The van der Waals surface area contributed by atoms with E-state index in [0.717, 1.165) is 0 Å². The summed E-state index contributed by atoms with van der Waals surface area (Å²) in [4.78, 5) is 11.8. The first-order valence-corrected chi connectivity index (χ1v) is 5.73. The Balaban J connectivity index is 1.87. The van der Waals surface area contributed by atoms with Crippen molar-refractivity contribution in [3.63, 3.8) is 0 Å². The molecule has 2 fully saturated rings. The lowest BCUT2D eigenvalue weighted by Gasteiger charge is -2.28. The molecule has 1 aliphatic heterocycles. The summed E-state index contributed by atoms with van der Waals surface area (Å²) in [7, 11) is 0. The first-order valence-electron chi connectivity index (χ1n) is 4.97. The highest BCUT2D eigenvalue weighted by Gasteiger charge is 2.68. The Bertz CT molecular complexity index is 279. The number of hydrazine groups is 1. The molecule has 1 saturated carbocycles. The van der Waals surface area contributed by atoms with Crippen LogP contribution in [0.15, 0.2) is 0 Å². The number of hydrogen-bond acceptors (Lipinski definition) is 3. The van der Waals surface area contributed by atoms with E-state index in [1.807, 2.05) is 5.01 Å². The largest absolute Gasteiger partial charge is 0.379 e. The van der Waals surface area contributed by atoms with E-state index in [1.165, 1.54) is 0 Å². The minimum absolute atomic E-state index is 0.102. The molecule has 1 atom stereocenters. The predicted molar refractivity (Wildman–Crippen MR) is 57.7 cm³/mol. The van der Waals surface area contributed by atoms with Crippen LogP contribution >= 0.6 is 23.2 Å². The van der Waals surface area contributed by atoms with Gasteiger partial charge in [0.25, 0.3) is 0 Å². The van der Waals surface area contributed by atoms with E-state index in [0.29, 0.717) is 32.7 Å². The van der Waals surface area contributed by atoms with Crippen LogP contribution in [0.4, 0.5) is 0 Å². The van der Waals surface area contributed by atoms with E-state index < -0.39 is 9.75 Å². The summed E-state index contributed by atoms with van der Waals surface area (Å²) >= 11 is 11.8. The first kappa shape index (κ1) is 11.5. The van der Waals surface area contributed by atoms with Crippen molar-refractivity contribution in [2.75, 3.05) is 26.3 Å². The van der Waals surface area contributed by atoms with E-state index in [9.17, 15) is 4.79 Å². The third-order valence-corrected chi connectivity index (χ3v) is 4.13. The van der Waals surface area contributed by atoms with Gasteiger partial charge in [0.05, 0.1) is 18.6 Å². The van der Waals surface area contributed by atoms with Crippen LogP contribution in [0.5, 0.6) is 0 Å². The molecule has 4 nitrogen and oxygen atoms in total. The molecule has 0 bridgehead atoms. The van der Waals surface area contributed by atoms with Gasteiger partial charge in [0.1, 0.15) is 4.33 Å². The van der Waals surface area contributed by atoms with E-state index in [4.69, 9.17) is 27.9 Å². The van der Waals surface area contributed by atoms with Crippen LogP contribution in [0.1, 0.15) is 13.3 Å². The normalized spacial score (nSPS) is 34.9. The summed E-state index contributed by atoms with van der Waals surface area (Å²) in [5, 5.41) is 1.85. The van der Waals surface area contributed by atoms with Gasteiger partial charge in [-0.1, -0.05) is 0 Å². The highest BCUT2D eigenvalue weighted by molar-refractivity contribution is 6.53. The average molecular weight is 253 g/mol. The molecule has 15 heavy (non-hydrogen) atoms. The summed E-state index contributed by atoms with van der Waals surface area (Å²) < 4.78 is 4.28. The summed E-state index contributed by atoms with van der Waals surface area (Å²) in [5.41, 5.74) is 2.18. The maximum atomic E-state index is 11.8. The Morgan fingerprint density at radius 2 is 1.93 bits per heavy atom. The molecule has 1 N–H and O–H groups in total. The molecule has 0 spiro atoms. The summed E-state index contributed by atoms with van der Waals surface area (Å²) in [6.45, 7) is 4.48. The van der Waals surface area contributed by atoms with Gasteiger partial charge in [-0.25, -0.2) is 5.01 Å². The quantitative estimate of drug-likeness (QED) is 0.744. The second-order valence-electron chi connectivity index (χ2n) is 4.25. The fraction of sp³-hybridized carbons (Fsp3) is 0.889. The molecule has 0 radical (unpaired) electrons. The number of ether oxygens (including phenoxy) is 1. The molecule has 0 aromatic rings. The topological polar surface area (TPSA) is 41.6 Å². The molecule has 1 heterocycles. The van der Waals surface area contributed by atoms with Gasteiger partial charge in [0, 0.05) is 13.1 Å². The SMILES string of the molecule is C[C@@]1(C(=O)NN2CCOCC2)CC1(Cl)Cl. The van der Waals surface area contributed by atoms with Crippen molar-refractivity contribution in [3.05, 3.63) is 0 Å². The van der Waals surface area contributed by atoms with Crippen molar-refractivity contribution in [2.45, 2.75) is 17.7 Å². The van der Waals surface area contributed by atoms with Crippen LogP contribution in [-0.4, -0.2) is 41.6 Å². The number of morpholine rings is 1. The van der Waals surface area contributed by atoms with Crippen LogP contribution in [0, 0.1) is 5.41 Å². The molecule has 1 aliphatic carbocycles. The summed E-state index contributed by atoms with van der Waals surface area (Å²) in [5.74, 6) is -0.102. The second kappa shape index (κ2) is 3.77. The number of rotatable bonds is 2. The average Bonchev–Trinajstić information content (AvgIpc) is 2.69. The summed E-state index contributed by atoms with van der Waals surface area (Å²) in [6, 6.07) is 0. The van der Waals surface area contributed by atoms with Gasteiger partial charge in [0.15, 0.2) is 0 Å². The van der Waals surface area contributed by atoms with Crippen molar-refractivity contribution < 1.29 is 9.53 Å². The van der Waals surface area contributed by atoms with Crippen molar-refractivity contribution in [1.82, 2.24) is 10.4 Å². The number of halogens is 2. The monoisotopic (exact) mass is 252 g/mol. The van der Waals surface area contributed by atoms with E-state index in [-0.39, 0.29) is 5.91 Å². The van der Waals surface area contributed by atoms with Gasteiger partial charge in [-0.15, -0.1) is 23.2 Å². The Kier molecular flexibility index (Phi) is 2.88. The Morgan fingerprint density at radius 1 is 1.40 bits per heavy atom. The van der Waals surface area contributed by atoms with Gasteiger partial charge >= 0.3 is 0 Å². The molecule has 2 aliphatic rings. The molecule has 6 heteroatoms. The molecule has 1 saturated heterocycles. The Hall–Kier alpha value is -0.0300. The highest BCUT2D eigenvalue weighted by Crippen LogP contribution is 2.63. The van der Waals surface area contributed by atoms with Gasteiger partial charge < -0.3 is 4.74 Å². The van der Waals surface area contributed by atoms with E-state index in [1.54, 1.807) is 6.92 Å². The lowest BCUT2D eigenvalue weighted by atomic mass is 10.1. The van der Waals surface area contributed by atoms with Gasteiger partial charge in [-0.3, -0.25) is 10.2 Å². The number of alkyl halides is 2. The molecule has 2 rings (SSSR count). The number of nitrogens with one attached hydrogen (secondary N) is 1. The van der Waals surface area contributed by atoms with Crippen molar-refractivity contribution >= 4 is 29.1 Å². The lowest BCUT2D eigenvalue weighted by Crippen LogP contribution is -2.50. The maximum Gasteiger partial charge on any atom is 0.243 e. The van der Waals surface area contributed by atoms with Crippen LogP contribution < -0.4 is 5.43 Å². The predicted octanol–water partition coefficient (Wildman–Crippen LogP) is 0.934. The minimum atomic E-state index is -0.899. The van der Waals surface area contributed by atoms with E-state index >= 15 is 0 Å². The molecule has 0 aromatic heterocycles. The van der Waals surface area contributed by atoms with Crippen molar-refractivity contribution in [1.29, 1.82) is 0 Å². The van der Waals surface area contributed by atoms with Gasteiger partial charge in [-0.2, -0.15) is 0 Å². The molecule has 0 aromatic carbocycles. The second-order valence-corrected chi connectivity index (χ2v) is 5.74. The first-order chi connectivity index (χ1) is 6.96. The number of amides is 1. The maximum absolute atomic E-state index is 11.8. The number of nitrogens with zero attached hydrogens (tertiary/aromatic N) is 1. The Morgan fingerprint density at radius 3 is 2.40 bits per heavy atom. The van der Waals surface area contributed by atoms with Gasteiger partial charge in [0.2, 0.25) is 5.91 Å². The minimum Gasteiger partial charge on any atom is -0.379 e. The number of carbonyl (C=O) groups excluding carboxylic acids is 1. The highest BCUT2D eigenvalue weighted by atomic mass is 35.5. The number of carbonyl (C=O) groups is 1. The van der Waals surface area contributed by atoms with Crippen molar-refractivity contribution in [3.8, 4) is 0 Å². The van der Waals surface area contributed by atoms with Crippen LogP contribution in [-0.2, 0) is 9.53 Å². The molecule has 86 valence electrons. The smallest absolute Gasteiger partial charge is 0.243 e. The fourth-order valence-electron chi connectivity index (χ4n) is 1.59. The van der Waals surface area contributed by atoms with E-state index in [2.05, 4.69) is 5.43 Å². The molecular formula is C9H14Cl2N2O2. The van der Waals surface area contributed by atoms with Crippen LogP contribution in [0.2, 0.25) is 0 Å². The third-order valence-electron chi connectivity index (χ3n) is 3.03.